The van der Waals surface area contributed by atoms with Crippen LogP contribution in [0, 0.1) is 10.1 Å². The van der Waals surface area contributed by atoms with Gasteiger partial charge < -0.3 is 15.6 Å². The molecule has 0 bridgehead atoms. The number of amides is 2. The van der Waals surface area contributed by atoms with E-state index in [1.807, 2.05) is 0 Å². The van der Waals surface area contributed by atoms with Gasteiger partial charge in [-0.15, -0.1) is 0 Å². The number of carbonyl (C=O) groups is 2. The number of nitrogens with zero attached hydrogens (tertiary/aromatic N) is 2. The highest BCUT2D eigenvalue weighted by atomic mass is 35.5. The zero-order valence-electron chi connectivity index (χ0n) is 19.1. The first kappa shape index (κ1) is 23.7. The molecule has 182 valence electrons. The summed E-state index contributed by atoms with van der Waals surface area (Å²) in [6.45, 7) is 0. The molecule has 37 heavy (non-hydrogen) atoms. The number of carbonyl (C=O) groups excluding carboxylic acids is 2. The molecule has 4 aromatic carbocycles. The van der Waals surface area contributed by atoms with Crippen LogP contribution in [-0.2, 0) is 0 Å². The van der Waals surface area contributed by atoms with Gasteiger partial charge in [0.25, 0.3) is 17.5 Å². The molecule has 3 N–H and O–H groups in total. The SMILES string of the molecule is O=C(Nc1ccc(-c2nc3cc(C(=O)Nc4ccc(Cl)cc4)ccc3[nH]2)cc1)c1ccc([N+](=O)[O-])cc1. The lowest BCUT2D eigenvalue weighted by molar-refractivity contribution is -0.384. The maximum atomic E-state index is 12.6. The fourth-order valence-corrected chi connectivity index (χ4v) is 3.80. The van der Waals surface area contributed by atoms with Crippen LogP contribution in [0.5, 0.6) is 0 Å². The van der Waals surface area contributed by atoms with Crippen LogP contribution in [0.1, 0.15) is 20.7 Å². The Labute approximate surface area is 215 Å². The standard InChI is InChI=1S/C27H18ClN5O4/c28-19-6-10-21(11-7-19)30-27(35)18-5-14-23-24(15-18)32-25(31-23)16-1-8-20(9-2-16)29-26(34)17-3-12-22(13-4-17)33(36)37/h1-15H,(H,29,34)(H,30,35)(H,31,32). The first-order valence-electron chi connectivity index (χ1n) is 11.1. The summed E-state index contributed by atoms with van der Waals surface area (Å²) in [7, 11) is 0. The summed E-state index contributed by atoms with van der Waals surface area (Å²) in [5.41, 5.74) is 4.08. The van der Waals surface area contributed by atoms with Crippen LogP contribution in [0.3, 0.4) is 0 Å². The van der Waals surface area contributed by atoms with Gasteiger partial charge in [0.1, 0.15) is 5.82 Å². The van der Waals surface area contributed by atoms with Gasteiger partial charge in [0.15, 0.2) is 0 Å². The van der Waals surface area contributed by atoms with Gasteiger partial charge in [0, 0.05) is 45.2 Å². The molecule has 0 unspecified atom stereocenters. The average molecular weight is 512 g/mol. The first-order valence-corrected chi connectivity index (χ1v) is 11.5. The predicted molar refractivity (Wildman–Crippen MR) is 142 cm³/mol. The Morgan fingerprint density at radius 2 is 1.35 bits per heavy atom. The summed E-state index contributed by atoms with van der Waals surface area (Å²) >= 11 is 5.89. The van der Waals surface area contributed by atoms with Crippen LogP contribution >= 0.6 is 11.6 Å². The lowest BCUT2D eigenvalue weighted by atomic mass is 10.1. The minimum atomic E-state index is -0.518. The molecule has 0 aliphatic carbocycles. The van der Waals surface area contributed by atoms with Crippen molar-refractivity contribution in [2.75, 3.05) is 10.6 Å². The largest absolute Gasteiger partial charge is 0.338 e. The quantitative estimate of drug-likeness (QED) is 0.182. The van der Waals surface area contributed by atoms with E-state index in [-0.39, 0.29) is 17.5 Å². The minimum Gasteiger partial charge on any atom is -0.338 e. The third-order valence-electron chi connectivity index (χ3n) is 5.60. The molecule has 0 saturated heterocycles. The lowest BCUT2D eigenvalue weighted by Gasteiger charge is -2.06. The molecule has 10 heteroatoms. The molecule has 0 spiro atoms. The highest BCUT2D eigenvalue weighted by Gasteiger charge is 2.12. The van der Waals surface area contributed by atoms with E-state index in [9.17, 15) is 19.7 Å². The fourth-order valence-electron chi connectivity index (χ4n) is 3.67. The number of anilines is 2. The number of halogens is 1. The molecule has 0 atom stereocenters. The number of non-ortho nitro benzene ring substituents is 1. The molecule has 0 saturated carbocycles. The van der Waals surface area contributed by atoms with E-state index >= 15 is 0 Å². The van der Waals surface area contributed by atoms with E-state index in [0.29, 0.717) is 38.9 Å². The van der Waals surface area contributed by atoms with Gasteiger partial charge in [0.2, 0.25) is 0 Å². The monoisotopic (exact) mass is 511 g/mol. The van der Waals surface area contributed by atoms with Crippen LogP contribution in [-0.4, -0.2) is 26.7 Å². The summed E-state index contributed by atoms with van der Waals surface area (Å²) in [5, 5.41) is 17.0. The Kier molecular flexibility index (Phi) is 6.36. The minimum absolute atomic E-state index is 0.0824. The molecule has 2 amide bonds. The van der Waals surface area contributed by atoms with E-state index in [2.05, 4.69) is 20.6 Å². The van der Waals surface area contributed by atoms with Crippen molar-refractivity contribution in [1.82, 2.24) is 9.97 Å². The number of rotatable bonds is 6. The predicted octanol–water partition coefficient (Wildman–Crippen LogP) is 6.30. The molecule has 0 fully saturated rings. The highest BCUT2D eigenvalue weighted by molar-refractivity contribution is 6.30. The number of hydrogen-bond donors (Lipinski definition) is 3. The molecule has 1 aromatic heterocycles. The van der Waals surface area contributed by atoms with Crippen molar-refractivity contribution >= 4 is 51.5 Å². The van der Waals surface area contributed by atoms with Crippen molar-refractivity contribution in [2.24, 2.45) is 0 Å². The summed E-state index contributed by atoms with van der Waals surface area (Å²) in [4.78, 5) is 43.2. The Hall–Kier alpha value is -5.02. The molecule has 0 radical (unpaired) electrons. The van der Waals surface area contributed by atoms with Crippen molar-refractivity contribution < 1.29 is 14.5 Å². The van der Waals surface area contributed by atoms with Gasteiger partial charge in [-0.25, -0.2) is 4.98 Å². The maximum Gasteiger partial charge on any atom is 0.269 e. The van der Waals surface area contributed by atoms with Gasteiger partial charge in [-0.3, -0.25) is 19.7 Å². The zero-order valence-corrected chi connectivity index (χ0v) is 19.8. The zero-order chi connectivity index (χ0) is 25.9. The van der Waals surface area contributed by atoms with Gasteiger partial charge in [0.05, 0.1) is 16.0 Å². The van der Waals surface area contributed by atoms with Gasteiger partial charge >= 0.3 is 0 Å². The van der Waals surface area contributed by atoms with E-state index in [0.717, 1.165) is 11.1 Å². The van der Waals surface area contributed by atoms with Gasteiger partial charge in [-0.05, 0) is 78.9 Å². The second-order valence-electron chi connectivity index (χ2n) is 8.11. The fraction of sp³-hybridized carbons (Fsp3) is 0. The number of nitro groups is 1. The Morgan fingerprint density at radius 1 is 0.784 bits per heavy atom. The van der Waals surface area contributed by atoms with Crippen LogP contribution in [0.25, 0.3) is 22.4 Å². The van der Waals surface area contributed by atoms with Crippen molar-refractivity contribution in [1.29, 1.82) is 0 Å². The van der Waals surface area contributed by atoms with Crippen LogP contribution in [0.2, 0.25) is 5.02 Å². The number of nitro benzene ring substituents is 1. The Balaban J connectivity index is 1.28. The lowest BCUT2D eigenvalue weighted by Crippen LogP contribution is -2.11. The Morgan fingerprint density at radius 3 is 1.97 bits per heavy atom. The molecule has 9 nitrogen and oxygen atoms in total. The summed E-state index contributed by atoms with van der Waals surface area (Å²) in [5.74, 6) is -0.0313. The van der Waals surface area contributed by atoms with Crippen molar-refractivity contribution in [3.63, 3.8) is 0 Å². The van der Waals surface area contributed by atoms with Gasteiger partial charge in [-0.2, -0.15) is 0 Å². The number of imidazole rings is 1. The van der Waals surface area contributed by atoms with E-state index < -0.39 is 4.92 Å². The van der Waals surface area contributed by atoms with Crippen molar-refractivity contribution in [2.45, 2.75) is 0 Å². The van der Waals surface area contributed by atoms with E-state index in [1.54, 1.807) is 66.7 Å². The molecular weight excluding hydrogens is 494 g/mol. The van der Waals surface area contributed by atoms with Crippen molar-refractivity contribution in [3.8, 4) is 11.4 Å². The Bertz CT molecular complexity index is 1630. The number of fused-ring (bicyclic) bond motifs is 1. The molecular formula is C27H18ClN5O4. The molecule has 0 aliphatic heterocycles. The summed E-state index contributed by atoms with van der Waals surface area (Å²) < 4.78 is 0. The first-order chi connectivity index (χ1) is 17.9. The molecule has 5 rings (SSSR count). The number of benzene rings is 4. The van der Waals surface area contributed by atoms with Crippen LogP contribution in [0.4, 0.5) is 17.1 Å². The summed E-state index contributed by atoms with van der Waals surface area (Å²) in [6.07, 6.45) is 0. The number of hydrogen-bond acceptors (Lipinski definition) is 5. The number of H-pyrrole nitrogens is 1. The number of aromatic amines is 1. The summed E-state index contributed by atoms with van der Waals surface area (Å²) in [6, 6.07) is 24.5. The topological polar surface area (TPSA) is 130 Å². The van der Waals surface area contributed by atoms with Gasteiger partial charge in [-0.1, -0.05) is 11.6 Å². The third-order valence-corrected chi connectivity index (χ3v) is 5.86. The average Bonchev–Trinajstić information content (AvgIpc) is 3.34. The second kappa shape index (κ2) is 9.92. The molecule has 1 heterocycles. The van der Waals surface area contributed by atoms with E-state index in [4.69, 9.17) is 11.6 Å². The number of aromatic nitrogens is 2. The van der Waals surface area contributed by atoms with Crippen molar-refractivity contribution in [3.05, 3.63) is 117 Å². The molecule has 0 aliphatic rings. The highest BCUT2D eigenvalue weighted by Crippen LogP contribution is 2.24. The maximum absolute atomic E-state index is 12.6. The molecule has 5 aromatic rings. The normalized spacial score (nSPS) is 10.7. The van der Waals surface area contributed by atoms with Crippen LogP contribution in [0.15, 0.2) is 91.0 Å². The smallest absolute Gasteiger partial charge is 0.269 e. The van der Waals surface area contributed by atoms with E-state index in [1.165, 1.54) is 24.3 Å². The second-order valence-corrected chi connectivity index (χ2v) is 8.55. The number of nitrogens with one attached hydrogen (secondary N) is 3. The van der Waals surface area contributed by atoms with Crippen LogP contribution < -0.4 is 10.6 Å². The third kappa shape index (κ3) is 5.31.